The fourth-order valence-electron chi connectivity index (χ4n) is 3.13. The minimum atomic E-state index is -1.72. The fourth-order valence-corrected chi connectivity index (χ4v) is 3.13. The summed E-state index contributed by atoms with van der Waals surface area (Å²) in [6.45, 7) is -1.35. The van der Waals surface area contributed by atoms with Gasteiger partial charge in [-0.1, -0.05) is 30.3 Å². The number of aliphatic hydroxyl groups excluding tert-OH is 7. The van der Waals surface area contributed by atoms with Crippen LogP contribution >= 0.6 is 0 Å². The number of hydrogen-bond donors (Lipinski definition) is 7. The molecule has 2 unspecified atom stereocenters. The Labute approximate surface area is 182 Å². The number of aliphatic hydroxyl groups is 7. The largest absolute Gasteiger partial charge is 0.503 e. The number of hydrogen-bond acceptors (Lipinski definition) is 12. The van der Waals surface area contributed by atoms with Crippen LogP contribution in [0.2, 0.25) is 0 Å². The van der Waals surface area contributed by atoms with E-state index in [0.29, 0.717) is 5.56 Å². The summed E-state index contributed by atoms with van der Waals surface area (Å²) in [7, 11) is 0. The zero-order valence-electron chi connectivity index (χ0n) is 16.6. The van der Waals surface area contributed by atoms with Gasteiger partial charge in [0, 0.05) is 0 Å². The van der Waals surface area contributed by atoms with E-state index in [-0.39, 0.29) is 0 Å². The molecule has 7 N–H and O–H groups in total. The van der Waals surface area contributed by atoms with Gasteiger partial charge in [0.2, 0.25) is 17.3 Å². The molecule has 1 fully saturated rings. The molecule has 12 nitrogen and oxygen atoms in total. The van der Waals surface area contributed by atoms with E-state index in [1.165, 1.54) is 0 Å². The molecule has 7 atom stereocenters. The molecule has 0 radical (unpaired) electrons. The van der Waals surface area contributed by atoms with Gasteiger partial charge >= 0.3 is 0 Å². The highest BCUT2D eigenvalue weighted by Crippen LogP contribution is 2.29. The maximum atomic E-state index is 10.2. The van der Waals surface area contributed by atoms with Crippen LogP contribution in [-0.2, 0) is 18.9 Å². The van der Waals surface area contributed by atoms with Crippen molar-refractivity contribution in [2.75, 3.05) is 13.2 Å². The first kappa shape index (κ1) is 23.8. The van der Waals surface area contributed by atoms with Gasteiger partial charge in [-0.2, -0.15) is 5.26 Å². The van der Waals surface area contributed by atoms with Crippen molar-refractivity contribution in [1.82, 2.24) is 0 Å². The topological polar surface area (TPSA) is 202 Å². The molecular weight excluding hydrogens is 430 g/mol. The van der Waals surface area contributed by atoms with Gasteiger partial charge in [-0.05, 0) is 5.56 Å². The summed E-state index contributed by atoms with van der Waals surface area (Å²) in [4.78, 5) is 0. The van der Waals surface area contributed by atoms with Crippen molar-refractivity contribution in [2.45, 2.75) is 43.1 Å². The lowest BCUT2D eigenvalue weighted by Gasteiger charge is -2.41. The Kier molecular flexibility index (Phi) is 7.54. The first-order valence-corrected chi connectivity index (χ1v) is 9.51. The van der Waals surface area contributed by atoms with Crippen LogP contribution in [0.3, 0.4) is 0 Å². The molecule has 32 heavy (non-hydrogen) atoms. The monoisotopic (exact) mass is 453 g/mol. The Morgan fingerprint density at radius 2 is 1.69 bits per heavy atom. The zero-order chi connectivity index (χ0) is 23.4. The molecule has 0 bridgehead atoms. The fraction of sp³-hybridized carbons (Fsp3) is 0.450. The van der Waals surface area contributed by atoms with Gasteiger partial charge in [0.1, 0.15) is 31.0 Å². The van der Waals surface area contributed by atoms with Gasteiger partial charge in [-0.25, -0.2) is 0 Å². The van der Waals surface area contributed by atoms with Gasteiger partial charge in [0.25, 0.3) is 6.29 Å². The summed E-state index contributed by atoms with van der Waals surface area (Å²) in [5.74, 6) is -3.19. The van der Waals surface area contributed by atoms with Crippen LogP contribution in [0.5, 0.6) is 0 Å². The number of ether oxygens (including phenoxy) is 4. The molecule has 1 saturated heterocycles. The normalized spacial score (nSPS) is 31.7. The van der Waals surface area contributed by atoms with Gasteiger partial charge in [-0.3, -0.25) is 0 Å². The first-order valence-electron chi connectivity index (χ1n) is 9.51. The van der Waals surface area contributed by atoms with Gasteiger partial charge < -0.3 is 54.7 Å². The molecular formula is C20H23NO11. The van der Waals surface area contributed by atoms with E-state index in [9.17, 15) is 35.9 Å². The van der Waals surface area contributed by atoms with Crippen LogP contribution in [-0.4, -0.2) is 86.0 Å². The zero-order valence-corrected chi connectivity index (χ0v) is 16.6. The van der Waals surface area contributed by atoms with E-state index in [1.807, 2.05) is 6.07 Å². The minimum absolute atomic E-state index is 0.466. The standard InChI is InChI=1S/C20H23NO11/c21-6-10(9-4-2-1-3-5-9)30-20-18(28)16(26)14(24)12(32-20)8-29-19-17(27)15(25)13(23)11(7-22)31-19/h1-5,10,12,14,16,18-20,22-28H,7-8H2/t10-,12+,14+,16-,18+,19?,20?/m0/s1. The van der Waals surface area contributed by atoms with Crippen LogP contribution < -0.4 is 0 Å². The van der Waals surface area contributed by atoms with E-state index >= 15 is 0 Å². The Bertz CT molecular complexity index is 897. The highest BCUT2D eigenvalue weighted by atomic mass is 16.7. The quantitative estimate of drug-likeness (QED) is 0.280. The molecule has 174 valence electrons. The molecule has 12 heteroatoms. The first-order chi connectivity index (χ1) is 15.3. The van der Waals surface area contributed by atoms with Gasteiger partial charge in [0.05, 0.1) is 12.7 Å². The van der Waals surface area contributed by atoms with Gasteiger partial charge in [0.15, 0.2) is 18.2 Å². The highest BCUT2D eigenvalue weighted by Gasteiger charge is 2.46. The van der Waals surface area contributed by atoms with E-state index < -0.39 is 79.4 Å². The molecule has 1 aromatic rings. The number of rotatable bonds is 7. The second kappa shape index (κ2) is 10.2. The van der Waals surface area contributed by atoms with Crippen LogP contribution in [0.1, 0.15) is 11.7 Å². The van der Waals surface area contributed by atoms with E-state index in [2.05, 4.69) is 0 Å². The molecule has 1 aromatic carbocycles. The second-order valence-electron chi connectivity index (χ2n) is 7.02. The van der Waals surface area contributed by atoms with Crippen molar-refractivity contribution in [3.05, 3.63) is 58.9 Å². The third-order valence-corrected chi connectivity index (χ3v) is 4.92. The number of benzene rings is 1. The molecule has 0 amide bonds. The summed E-state index contributed by atoms with van der Waals surface area (Å²) >= 11 is 0. The predicted octanol–water partition coefficient (Wildman–Crippen LogP) is -0.462. The van der Waals surface area contributed by atoms with Crippen molar-refractivity contribution in [2.24, 2.45) is 0 Å². The molecule has 0 spiro atoms. The lowest BCUT2D eigenvalue weighted by atomic mass is 9.99. The second-order valence-corrected chi connectivity index (χ2v) is 7.02. The Balaban J connectivity index is 1.69. The lowest BCUT2D eigenvalue weighted by molar-refractivity contribution is -0.314. The van der Waals surface area contributed by atoms with Crippen molar-refractivity contribution >= 4 is 0 Å². The van der Waals surface area contributed by atoms with Crippen LogP contribution in [0, 0.1) is 11.3 Å². The summed E-state index contributed by atoms with van der Waals surface area (Å²) in [6.07, 6.45) is -10.7. The third-order valence-electron chi connectivity index (χ3n) is 4.92. The average molecular weight is 453 g/mol. The number of nitriles is 1. The lowest BCUT2D eigenvalue weighted by Crippen LogP contribution is -2.59. The van der Waals surface area contributed by atoms with Crippen LogP contribution in [0.25, 0.3) is 0 Å². The molecule has 2 aliphatic rings. The van der Waals surface area contributed by atoms with E-state index in [4.69, 9.17) is 24.1 Å². The Hall–Kier alpha value is -2.89. The highest BCUT2D eigenvalue weighted by molar-refractivity contribution is 5.28. The predicted molar refractivity (Wildman–Crippen MR) is 102 cm³/mol. The van der Waals surface area contributed by atoms with Crippen molar-refractivity contribution in [1.29, 1.82) is 5.26 Å². The SMILES string of the molecule is N#C[C@H](OC1O[C@H](COC2OC(CO)=C(O)C(O)=C2O)[C@@H](O)[C@H](O)[C@H]1O)c1ccccc1. The van der Waals surface area contributed by atoms with E-state index in [1.54, 1.807) is 30.3 Å². The molecule has 0 saturated carbocycles. The molecule has 0 aromatic heterocycles. The Morgan fingerprint density at radius 3 is 2.31 bits per heavy atom. The van der Waals surface area contributed by atoms with Crippen molar-refractivity contribution in [3.8, 4) is 6.07 Å². The maximum absolute atomic E-state index is 10.2. The van der Waals surface area contributed by atoms with Crippen molar-refractivity contribution in [3.63, 3.8) is 0 Å². The van der Waals surface area contributed by atoms with Crippen LogP contribution in [0.4, 0.5) is 0 Å². The smallest absolute Gasteiger partial charge is 0.262 e. The summed E-state index contributed by atoms with van der Waals surface area (Å²) in [6, 6.07) is 10.3. The molecule has 3 rings (SSSR count). The average Bonchev–Trinajstić information content (AvgIpc) is 2.81. The number of nitrogens with zero attached hydrogens (tertiary/aromatic N) is 1. The minimum Gasteiger partial charge on any atom is -0.503 e. The molecule has 2 heterocycles. The molecule has 2 aliphatic heterocycles. The van der Waals surface area contributed by atoms with Gasteiger partial charge in [-0.15, -0.1) is 0 Å². The maximum Gasteiger partial charge on any atom is 0.262 e. The summed E-state index contributed by atoms with van der Waals surface area (Å²) in [5.41, 5.74) is 0.475. The molecule has 0 aliphatic carbocycles. The summed E-state index contributed by atoms with van der Waals surface area (Å²) in [5, 5.41) is 78.4. The third kappa shape index (κ3) is 4.79. The van der Waals surface area contributed by atoms with Crippen molar-refractivity contribution < 1.29 is 54.7 Å². The van der Waals surface area contributed by atoms with Crippen LogP contribution in [0.15, 0.2) is 53.4 Å². The summed E-state index contributed by atoms with van der Waals surface area (Å²) < 4.78 is 21.3. The Morgan fingerprint density at radius 1 is 1.00 bits per heavy atom. The van der Waals surface area contributed by atoms with E-state index in [0.717, 1.165) is 0 Å².